The van der Waals surface area contributed by atoms with Crippen LogP contribution in [0.1, 0.15) is 59.8 Å². The summed E-state index contributed by atoms with van der Waals surface area (Å²) < 4.78 is 5.32. The second-order valence-electron chi connectivity index (χ2n) is 5.64. The normalized spacial score (nSPS) is 27.8. The molecule has 3 heteroatoms. The van der Waals surface area contributed by atoms with Gasteiger partial charge >= 0.3 is 5.97 Å². The summed E-state index contributed by atoms with van der Waals surface area (Å²) in [7, 11) is 0. The minimum absolute atomic E-state index is 0.0212. The van der Waals surface area contributed by atoms with E-state index in [1.54, 1.807) is 0 Å². The van der Waals surface area contributed by atoms with E-state index in [0.29, 0.717) is 6.61 Å². The summed E-state index contributed by atoms with van der Waals surface area (Å²) in [5.41, 5.74) is -0.496. The summed E-state index contributed by atoms with van der Waals surface area (Å²) in [5.74, 6) is -0.0573. The minimum atomic E-state index is -0.475. The van der Waals surface area contributed by atoms with E-state index in [0.717, 1.165) is 32.2 Å². The van der Waals surface area contributed by atoms with Crippen molar-refractivity contribution in [3.8, 4) is 0 Å². The predicted octanol–water partition coefficient (Wildman–Crippen LogP) is 2.89. The fourth-order valence-electron chi connectivity index (χ4n) is 2.88. The molecular weight excluding hydrogens is 214 g/mol. The molecule has 3 nitrogen and oxygen atoms in total. The molecule has 1 fully saturated rings. The van der Waals surface area contributed by atoms with Gasteiger partial charge in [0.15, 0.2) is 0 Å². The van der Waals surface area contributed by atoms with E-state index in [-0.39, 0.29) is 11.4 Å². The van der Waals surface area contributed by atoms with Crippen LogP contribution in [0.25, 0.3) is 0 Å². The number of carbonyl (C=O) groups is 1. The second kappa shape index (κ2) is 5.85. The first-order valence-electron chi connectivity index (χ1n) is 6.92. The molecule has 100 valence electrons. The predicted molar refractivity (Wildman–Crippen MR) is 69.9 cm³/mol. The number of rotatable bonds is 5. The van der Waals surface area contributed by atoms with E-state index in [4.69, 9.17) is 4.74 Å². The molecule has 1 aliphatic carbocycles. The van der Waals surface area contributed by atoms with Crippen LogP contribution >= 0.6 is 0 Å². The van der Waals surface area contributed by atoms with Crippen molar-refractivity contribution < 1.29 is 9.53 Å². The summed E-state index contributed by atoms with van der Waals surface area (Å²) in [6.45, 7) is 9.72. The maximum atomic E-state index is 12.4. The van der Waals surface area contributed by atoms with Crippen LogP contribution in [-0.2, 0) is 9.53 Å². The molecule has 1 atom stereocenters. The highest BCUT2D eigenvalue weighted by atomic mass is 16.5. The van der Waals surface area contributed by atoms with Crippen molar-refractivity contribution in [3.63, 3.8) is 0 Å². The molecule has 1 saturated carbocycles. The van der Waals surface area contributed by atoms with Crippen molar-refractivity contribution in [1.29, 1.82) is 0 Å². The zero-order chi connectivity index (χ0) is 12.9. The van der Waals surface area contributed by atoms with Gasteiger partial charge in [-0.25, -0.2) is 0 Å². The van der Waals surface area contributed by atoms with Gasteiger partial charge in [0.05, 0.1) is 6.61 Å². The number of nitrogens with one attached hydrogen (secondary N) is 1. The van der Waals surface area contributed by atoms with Crippen LogP contribution in [0.15, 0.2) is 0 Å². The van der Waals surface area contributed by atoms with E-state index in [1.807, 2.05) is 6.92 Å². The number of esters is 1. The van der Waals surface area contributed by atoms with Gasteiger partial charge in [0, 0.05) is 0 Å². The molecule has 0 amide bonds. The molecule has 0 aromatic heterocycles. The van der Waals surface area contributed by atoms with Crippen LogP contribution in [-0.4, -0.2) is 24.7 Å². The first-order valence-corrected chi connectivity index (χ1v) is 6.92. The highest BCUT2D eigenvalue weighted by molar-refractivity contribution is 5.82. The molecule has 17 heavy (non-hydrogen) atoms. The lowest BCUT2D eigenvalue weighted by molar-refractivity contribution is -0.159. The minimum Gasteiger partial charge on any atom is -0.465 e. The number of ether oxygens (including phenoxy) is 1. The number of hydrogen-bond acceptors (Lipinski definition) is 3. The van der Waals surface area contributed by atoms with Crippen molar-refractivity contribution in [1.82, 2.24) is 5.32 Å². The van der Waals surface area contributed by atoms with Crippen LogP contribution in [0, 0.1) is 5.41 Å². The average molecular weight is 241 g/mol. The van der Waals surface area contributed by atoms with Gasteiger partial charge in [-0.2, -0.15) is 0 Å². The van der Waals surface area contributed by atoms with Gasteiger partial charge in [-0.05, 0) is 38.1 Å². The zero-order valence-corrected chi connectivity index (χ0v) is 11.8. The molecule has 0 bridgehead atoms. The number of hydrogen-bond donors (Lipinski definition) is 1. The Balaban J connectivity index is 2.93. The monoisotopic (exact) mass is 241 g/mol. The van der Waals surface area contributed by atoms with Crippen LogP contribution in [0.4, 0.5) is 0 Å². The second-order valence-corrected chi connectivity index (χ2v) is 5.64. The molecule has 1 N–H and O–H groups in total. The SMILES string of the molecule is CCCNC1(C(=O)OCC)CCCCC1(C)C. The quantitative estimate of drug-likeness (QED) is 0.752. The molecule has 0 radical (unpaired) electrons. The van der Waals surface area contributed by atoms with E-state index < -0.39 is 5.54 Å². The van der Waals surface area contributed by atoms with Gasteiger partial charge in [-0.15, -0.1) is 0 Å². The summed E-state index contributed by atoms with van der Waals surface area (Å²) >= 11 is 0. The standard InChI is InChI=1S/C14H27NO2/c1-5-11-15-14(12(16)17-6-2)10-8-7-9-13(14,3)4/h15H,5-11H2,1-4H3. The third-order valence-electron chi connectivity index (χ3n) is 4.06. The Morgan fingerprint density at radius 1 is 1.24 bits per heavy atom. The first kappa shape index (κ1) is 14.5. The van der Waals surface area contributed by atoms with E-state index in [1.165, 1.54) is 6.42 Å². The maximum Gasteiger partial charge on any atom is 0.326 e. The third kappa shape index (κ3) is 2.82. The molecular formula is C14H27NO2. The molecule has 1 unspecified atom stereocenters. The van der Waals surface area contributed by atoms with E-state index in [2.05, 4.69) is 26.1 Å². The van der Waals surface area contributed by atoms with Gasteiger partial charge in [0.1, 0.15) is 5.54 Å². The van der Waals surface area contributed by atoms with Crippen LogP contribution in [0.2, 0.25) is 0 Å². The van der Waals surface area contributed by atoms with Crippen LogP contribution < -0.4 is 5.32 Å². The summed E-state index contributed by atoms with van der Waals surface area (Å²) in [6, 6.07) is 0. The van der Waals surface area contributed by atoms with Gasteiger partial charge < -0.3 is 10.1 Å². The lowest BCUT2D eigenvalue weighted by atomic mass is 9.63. The third-order valence-corrected chi connectivity index (χ3v) is 4.06. The smallest absolute Gasteiger partial charge is 0.326 e. The van der Waals surface area contributed by atoms with Crippen molar-refractivity contribution in [2.45, 2.75) is 65.3 Å². The van der Waals surface area contributed by atoms with Crippen molar-refractivity contribution in [2.24, 2.45) is 5.41 Å². The van der Waals surface area contributed by atoms with Crippen molar-refractivity contribution in [3.05, 3.63) is 0 Å². The van der Waals surface area contributed by atoms with Crippen LogP contribution in [0.5, 0.6) is 0 Å². The Bertz CT molecular complexity index is 263. The molecule has 0 saturated heterocycles. The molecule has 0 aromatic rings. The Morgan fingerprint density at radius 2 is 1.88 bits per heavy atom. The number of carbonyl (C=O) groups excluding carboxylic acids is 1. The molecule has 0 spiro atoms. The maximum absolute atomic E-state index is 12.4. The fraction of sp³-hybridized carbons (Fsp3) is 0.929. The average Bonchev–Trinajstić information content (AvgIpc) is 2.28. The van der Waals surface area contributed by atoms with Gasteiger partial charge in [0.25, 0.3) is 0 Å². The molecule has 1 rings (SSSR count). The Hall–Kier alpha value is -0.570. The van der Waals surface area contributed by atoms with Crippen molar-refractivity contribution in [2.75, 3.05) is 13.2 Å². The van der Waals surface area contributed by atoms with Gasteiger partial charge in [-0.3, -0.25) is 4.79 Å². The largest absolute Gasteiger partial charge is 0.465 e. The van der Waals surface area contributed by atoms with E-state index >= 15 is 0 Å². The first-order chi connectivity index (χ1) is 8.00. The van der Waals surface area contributed by atoms with Crippen molar-refractivity contribution >= 4 is 5.97 Å². The summed E-state index contributed by atoms with van der Waals surface area (Å²) in [6.07, 6.45) is 5.35. The molecule has 0 heterocycles. The molecule has 0 aromatic carbocycles. The van der Waals surface area contributed by atoms with Gasteiger partial charge in [-0.1, -0.05) is 33.6 Å². The summed E-state index contributed by atoms with van der Waals surface area (Å²) in [4.78, 5) is 12.4. The van der Waals surface area contributed by atoms with E-state index in [9.17, 15) is 4.79 Å². The lowest BCUT2D eigenvalue weighted by Gasteiger charge is -2.48. The fourth-order valence-corrected chi connectivity index (χ4v) is 2.88. The molecule has 1 aliphatic rings. The Labute approximate surface area is 105 Å². The Kier molecular flexibility index (Phi) is 4.99. The Morgan fingerprint density at radius 3 is 2.41 bits per heavy atom. The highest BCUT2D eigenvalue weighted by Gasteiger charge is 2.52. The molecule has 0 aliphatic heterocycles. The van der Waals surface area contributed by atoms with Gasteiger partial charge in [0.2, 0.25) is 0 Å². The van der Waals surface area contributed by atoms with Crippen LogP contribution in [0.3, 0.4) is 0 Å². The topological polar surface area (TPSA) is 38.3 Å². The summed E-state index contributed by atoms with van der Waals surface area (Å²) in [5, 5.41) is 3.49. The highest BCUT2D eigenvalue weighted by Crippen LogP contribution is 2.44. The zero-order valence-electron chi connectivity index (χ0n) is 11.8. The lowest BCUT2D eigenvalue weighted by Crippen LogP contribution is -2.63.